The summed E-state index contributed by atoms with van der Waals surface area (Å²) in [4.78, 5) is 23.0. The fraction of sp³-hybridized carbons (Fsp3) is 0.538. The smallest absolute Gasteiger partial charge is 0.309 e. The highest BCUT2D eigenvalue weighted by Gasteiger charge is 2.21. The molecule has 0 saturated carbocycles. The lowest BCUT2D eigenvalue weighted by molar-refractivity contribution is -0.140. The Morgan fingerprint density at radius 3 is 2.42 bits per heavy atom. The van der Waals surface area contributed by atoms with Crippen LogP contribution in [0.2, 0.25) is 0 Å². The van der Waals surface area contributed by atoms with E-state index < -0.39 is 23.5 Å². The molecule has 0 radical (unpaired) electrons. The van der Waals surface area contributed by atoms with Crippen molar-refractivity contribution in [2.24, 2.45) is 0 Å². The van der Waals surface area contributed by atoms with E-state index in [-0.39, 0.29) is 6.54 Å². The fourth-order valence-electron chi connectivity index (χ4n) is 1.40. The van der Waals surface area contributed by atoms with Gasteiger partial charge in [-0.15, -0.1) is 0 Å². The number of carbonyl (C=O) groups is 2. The average molecular weight is 268 g/mol. The van der Waals surface area contributed by atoms with Gasteiger partial charge >= 0.3 is 11.8 Å². The van der Waals surface area contributed by atoms with E-state index in [1.807, 2.05) is 0 Å². The average Bonchev–Trinajstić information content (AvgIpc) is 2.69. The van der Waals surface area contributed by atoms with Gasteiger partial charge in [-0.2, -0.15) is 0 Å². The first-order valence-electron chi connectivity index (χ1n) is 6.04. The van der Waals surface area contributed by atoms with Gasteiger partial charge in [-0.3, -0.25) is 9.59 Å². The van der Waals surface area contributed by atoms with Crippen molar-refractivity contribution < 1.29 is 19.1 Å². The van der Waals surface area contributed by atoms with Crippen LogP contribution in [0.15, 0.2) is 16.5 Å². The summed E-state index contributed by atoms with van der Waals surface area (Å²) in [6, 6.07) is 3.34. The lowest BCUT2D eigenvalue weighted by Gasteiger charge is -2.20. The standard InChI is InChI=1S/C13H20N2O4/c1-8-5-6-10(19-8)9(16)7-14-11(17)12(18)15-13(2,3)4/h5-6,9,16H,7H2,1-4H3,(H,14,17)(H,15,18). The largest absolute Gasteiger partial charge is 0.464 e. The number of aliphatic hydroxyl groups excluding tert-OH is 1. The quantitative estimate of drug-likeness (QED) is 0.702. The molecule has 3 N–H and O–H groups in total. The van der Waals surface area contributed by atoms with E-state index in [1.165, 1.54) is 0 Å². The normalized spacial score (nSPS) is 12.9. The number of hydrogen-bond acceptors (Lipinski definition) is 4. The molecule has 0 aliphatic heterocycles. The van der Waals surface area contributed by atoms with Crippen LogP contribution >= 0.6 is 0 Å². The van der Waals surface area contributed by atoms with Crippen LogP contribution in [-0.4, -0.2) is 29.0 Å². The van der Waals surface area contributed by atoms with Crippen molar-refractivity contribution in [3.63, 3.8) is 0 Å². The molecule has 0 aromatic carbocycles. The van der Waals surface area contributed by atoms with Crippen LogP contribution in [0.5, 0.6) is 0 Å². The zero-order chi connectivity index (χ0) is 14.6. The number of amides is 2. The van der Waals surface area contributed by atoms with Gasteiger partial charge < -0.3 is 20.2 Å². The molecule has 0 bridgehead atoms. The molecule has 19 heavy (non-hydrogen) atoms. The molecule has 0 aliphatic rings. The van der Waals surface area contributed by atoms with Crippen molar-refractivity contribution in [3.05, 3.63) is 23.7 Å². The zero-order valence-corrected chi connectivity index (χ0v) is 11.6. The Kier molecular flexibility index (Phi) is 4.72. The van der Waals surface area contributed by atoms with Crippen molar-refractivity contribution in [1.29, 1.82) is 0 Å². The van der Waals surface area contributed by atoms with E-state index in [1.54, 1.807) is 39.8 Å². The van der Waals surface area contributed by atoms with Crippen LogP contribution in [-0.2, 0) is 9.59 Å². The van der Waals surface area contributed by atoms with Crippen LogP contribution in [0.4, 0.5) is 0 Å². The van der Waals surface area contributed by atoms with Gasteiger partial charge in [-0.25, -0.2) is 0 Å². The minimum absolute atomic E-state index is 0.0800. The van der Waals surface area contributed by atoms with Crippen LogP contribution in [0.3, 0.4) is 0 Å². The molecule has 6 heteroatoms. The second kappa shape index (κ2) is 5.88. The van der Waals surface area contributed by atoms with Gasteiger partial charge in [0.1, 0.15) is 17.6 Å². The van der Waals surface area contributed by atoms with Crippen LogP contribution < -0.4 is 10.6 Å². The number of furan rings is 1. The highest BCUT2D eigenvalue weighted by atomic mass is 16.4. The number of aryl methyl sites for hydroxylation is 1. The van der Waals surface area contributed by atoms with Gasteiger partial charge in [0.05, 0.1) is 6.54 Å². The molecule has 1 rings (SSSR count). The van der Waals surface area contributed by atoms with Crippen molar-refractivity contribution in [3.8, 4) is 0 Å². The van der Waals surface area contributed by atoms with Gasteiger partial charge in [0, 0.05) is 5.54 Å². The summed E-state index contributed by atoms with van der Waals surface area (Å²) >= 11 is 0. The molecule has 106 valence electrons. The van der Waals surface area contributed by atoms with Gasteiger partial charge in [0.15, 0.2) is 0 Å². The number of hydrogen-bond donors (Lipinski definition) is 3. The lowest BCUT2D eigenvalue weighted by Crippen LogP contribution is -2.48. The Balaban J connectivity index is 2.44. The van der Waals surface area contributed by atoms with E-state index in [4.69, 9.17) is 4.42 Å². The summed E-state index contributed by atoms with van der Waals surface area (Å²) in [5, 5.41) is 14.6. The first kappa shape index (κ1) is 15.2. The molecular weight excluding hydrogens is 248 g/mol. The summed E-state index contributed by atoms with van der Waals surface area (Å²) in [6.45, 7) is 7.00. The van der Waals surface area contributed by atoms with Crippen molar-refractivity contribution in [2.45, 2.75) is 39.3 Å². The Morgan fingerprint density at radius 2 is 1.95 bits per heavy atom. The maximum absolute atomic E-state index is 11.5. The molecule has 2 amide bonds. The molecule has 1 atom stereocenters. The second-order valence-corrected chi connectivity index (χ2v) is 5.38. The zero-order valence-electron chi connectivity index (χ0n) is 11.6. The van der Waals surface area contributed by atoms with Crippen LogP contribution in [0.1, 0.15) is 38.4 Å². The van der Waals surface area contributed by atoms with Crippen molar-refractivity contribution in [2.75, 3.05) is 6.54 Å². The SMILES string of the molecule is Cc1ccc(C(O)CNC(=O)C(=O)NC(C)(C)C)o1. The van der Waals surface area contributed by atoms with Gasteiger partial charge in [0.2, 0.25) is 0 Å². The minimum atomic E-state index is -0.972. The molecule has 1 unspecified atom stereocenters. The Bertz CT molecular complexity index is 459. The molecule has 0 fully saturated rings. The van der Waals surface area contributed by atoms with Gasteiger partial charge in [-0.1, -0.05) is 0 Å². The van der Waals surface area contributed by atoms with Crippen LogP contribution in [0, 0.1) is 6.92 Å². The van der Waals surface area contributed by atoms with Crippen molar-refractivity contribution in [1.82, 2.24) is 10.6 Å². The lowest BCUT2D eigenvalue weighted by atomic mass is 10.1. The molecular formula is C13H20N2O4. The highest BCUT2D eigenvalue weighted by Crippen LogP contribution is 2.14. The highest BCUT2D eigenvalue weighted by molar-refractivity contribution is 6.35. The molecule has 1 aromatic heterocycles. The molecule has 0 saturated heterocycles. The van der Waals surface area contributed by atoms with Gasteiger partial charge in [-0.05, 0) is 39.8 Å². The first-order valence-corrected chi connectivity index (χ1v) is 6.04. The second-order valence-electron chi connectivity index (χ2n) is 5.38. The maximum atomic E-state index is 11.5. The third-order valence-electron chi connectivity index (χ3n) is 2.24. The number of nitrogens with one attached hydrogen (secondary N) is 2. The monoisotopic (exact) mass is 268 g/mol. The first-order chi connectivity index (χ1) is 8.69. The molecule has 1 heterocycles. The molecule has 0 spiro atoms. The predicted octanol–water partition coefficient (Wildman–Crippen LogP) is 0.652. The summed E-state index contributed by atoms with van der Waals surface area (Å²) in [7, 11) is 0. The van der Waals surface area contributed by atoms with Crippen LogP contribution in [0.25, 0.3) is 0 Å². The number of rotatable bonds is 3. The van der Waals surface area contributed by atoms with Gasteiger partial charge in [0.25, 0.3) is 0 Å². The molecule has 1 aromatic rings. The summed E-state index contributed by atoms with van der Waals surface area (Å²) < 4.78 is 5.22. The minimum Gasteiger partial charge on any atom is -0.464 e. The summed E-state index contributed by atoms with van der Waals surface area (Å²) in [5.41, 5.74) is -0.481. The third kappa shape index (κ3) is 5.13. The fourth-order valence-corrected chi connectivity index (χ4v) is 1.40. The van der Waals surface area contributed by atoms with E-state index in [2.05, 4.69) is 10.6 Å². The number of carbonyl (C=O) groups excluding carboxylic acids is 2. The Morgan fingerprint density at radius 1 is 1.32 bits per heavy atom. The third-order valence-corrected chi connectivity index (χ3v) is 2.24. The predicted molar refractivity (Wildman–Crippen MR) is 69.3 cm³/mol. The van der Waals surface area contributed by atoms with E-state index in [9.17, 15) is 14.7 Å². The Hall–Kier alpha value is -1.82. The maximum Gasteiger partial charge on any atom is 0.309 e. The van der Waals surface area contributed by atoms with Crippen molar-refractivity contribution >= 4 is 11.8 Å². The summed E-state index contributed by atoms with van der Waals surface area (Å²) in [6.07, 6.45) is -0.972. The van der Waals surface area contributed by atoms with E-state index in [0.717, 1.165) is 0 Å². The molecule has 6 nitrogen and oxygen atoms in total. The topological polar surface area (TPSA) is 91.6 Å². The number of aliphatic hydroxyl groups is 1. The van der Waals surface area contributed by atoms with E-state index in [0.29, 0.717) is 11.5 Å². The van der Waals surface area contributed by atoms with E-state index >= 15 is 0 Å². The molecule has 0 aliphatic carbocycles. The Labute approximate surface area is 112 Å². The summed E-state index contributed by atoms with van der Waals surface area (Å²) in [5.74, 6) is -0.479.